The maximum Gasteiger partial charge on any atom is 0.313 e. The van der Waals surface area contributed by atoms with Gasteiger partial charge in [-0.05, 0) is 107 Å². The molecule has 0 radical (unpaired) electrons. The van der Waals surface area contributed by atoms with E-state index in [0.29, 0.717) is 5.41 Å². The summed E-state index contributed by atoms with van der Waals surface area (Å²) in [6.07, 6.45) is 10.0. The van der Waals surface area contributed by atoms with Crippen LogP contribution in [0.1, 0.15) is 79.1 Å². The molecule has 0 aromatic carbocycles. The highest BCUT2D eigenvalue weighted by Gasteiger charge is 2.73. The largest absolute Gasteiger partial charge is 0.436 e. The lowest BCUT2D eigenvalue weighted by Crippen LogP contribution is -2.56. The minimum absolute atomic E-state index is 0.00153. The van der Waals surface area contributed by atoms with Crippen molar-refractivity contribution in [2.75, 3.05) is 0 Å². The third kappa shape index (κ3) is 2.17. The minimum atomic E-state index is -0.420. The Labute approximate surface area is 152 Å². The molecule has 0 aromatic rings. The van der Waals surface area contributed by atoms with E-state index in [0.717, 1.165) is 36.0 Å². The maximum absolute atomic E-state index is 12.4. The Morgan fingerprint density at radius 2 is 1.76 bits per heavy atom. The second-order valence-corrected chi connectivity index (χ2v) is 10.8. The molecule has 6 aliphatic carbocycles. The summed E-state index contributed by atoms with van der Waals surface area (Å²) >= 11 is 0. The van der Waals surface area contributed by atoms with E-state index in [1.165, 1.54) is 44.9 Å². The number of rotatable bonds is 5. The molecule has 0 amide bonds. The molecule has 5 bridgehead atoms. The summed E-state index contributed by atoms with van der Waals surface area (Å²) in [5, 5.41) is 0. The van der Waals surface area contributed by atoms with E-state index in [9.17, 15) is 4.79 Å². The summed E-state index contributed by atoms with van der Waals surface area (Å²) < 4.78 is 12.3. The molecule has 0 aliphatic heterocycles. The summed E-state index contributed by atoms with van der Waals surface area (Å²) in [6, 6.07) is 0. The van der Waals surface area contributed by atoms with Crippen LogP contribution >= 0.6 is 0 Å². The van der Waals surface area contributed by atoms with Gasteiger partial charge in [-0.15, -0.1) is 0 Å². The van der Waals surface area contributed by atoms with Crippen molar-refractivity contribution in [3.05, 3.63) is 0 Å². The number of ether oxygens (including phenoxy) is 2. The van der Waals surface area contributed by atoms with Crippen LogP contribution in [0.25, 0.3) is 0 Å². The van der Waals surface area contributed by atoms with Gasteiger partial charge in [0.05, 0.1) is 11.0 Å². The second-order valence-electron chi connectivity index (χ2n) is 10.8. The van der Waals surface area contributed by atoms with Gasteiger partial charge in [0.1, 0.15) is 0 Å². The smallest absolute Gasteiger partial charge is 0.313 e. The van der Waals surface area contributed by atoms with E-state index in [1.54, 1.807) is 0 Å². The first-order valence-corrected chi connectivity index (χ1v) is 10.7. The van der Waals surface area contributed by atoms with Gasteiger partial charge in [0.2, 0.25) is 6.29 Å². The van der Waals surface area contributed by atoms with Gasteiger partial charge < -0.3 is 9.47 Å². The van der Waals surface area contributed by atoms with Crippen molar-refractivity contribution in [3.8, 4) is 0 Å². The Morgan fingerprint density at radius 1 is 1.12 bits per heavy atom. The highest BCUT2D eigenvalue weighted by Crippen LogP contribution is 2.78. The second kappa shape index (κ2) is 5.03. The van der Waals surface area contributed by atoms with Crippen molar-refractivity contribution in [3.63, 3.8) is 0 Å². The lowest BCUT2D eigenvalue weighted by Gasteiger charge is -2.63. The highest BCUT2D eigenvalue weighted by molar-refractivity contribution is 5.75. The molecule has 5 unspecified atom stereocenters. The topological polar surface area (TPSA) is 35.5 Å². The van der Waals surface area contributed by atoms with E-state index >= 15 is 0 Å². The van der Waals surface area contributed by atoms with Crippen LogP contribution in [0, 0.1) is 40.4 Å². The van der Waals surface area contributed by atoms with Gasteiger partial charge in [0.25, 0.3) is 0 Å². The van der Waals surface area contributed by atoms with Gasteiger partial charge in [0.15, 0.2) is 0 Å². The fourth-order valence-electron chi connectivity index (χ4n) is 8.08. The average molecular weight is 347 g/mol. The molecule has 6 saturated carbocycles. The first-order chi connectivity index (χ1) is 11.8. The third-order valence-electron chi connectivity index (χ3n) is 9.12. The molecule has 6 aliphatic rings. The van der Waals surface area contributed by atoms with E-state index in [4.69, 9.17) is 9.47 Å². The van der Waals surface area contributed by atoms with Gasteiger partial charge in [-0.3, -0.25) is 4.79 Å². The van der Waals surface area contributed by atoms with Crippen LogP contribution in [0.2, 0.25) is 0 Å². The van der Waals surface area contributed by atoms with E-state index in [-0.39, 0.29) is 11.6 Å². The lowest BCUT2D eigenvalue weighted by atomic mass is 9.41. The average Bonchev–Trinajstić information content (AvgIpc) is 3.03. The number of carbonyl (C=O) groups excluding carboxylic acids is 1. The standard InChI is InChI=1S/C22H34O3/c1-5-20(3,4)19(23)24-13(2)25-21-10-17-15-6-14-7-16(8-15)18(11-21)22(17,9-14)12-21/h13-18H,5-12H2,1-4H3. The van der Waals surface area contributed by atoms with Crippen LogP contribution in [-0.4, -0.2) is 17.9 Å². The monoisotopic (exact) mass is 346 g/mol. The molecule has 0 saturated heterocycles. The van der Waals surface area contributed by atoms with Crippen molar-refractivity contribution in [1.29, 1.82) is 0 Å². The molecule has 5 atom stereocenters. The molecule has 3 heteroatoms. The zero-order valence-electron chi connectivity index (χ0n) is 16.3. The van der Waals surface area contributed by atoms with Crippen molar-refractivity contribution in [1.82, 2.24) is 0 Å². The Bertz CT molecular complexity index is 572. The molecule has 6 fully saturated rings. The molecule has 0 aromatic heterocycles. The Hall–Kier alpha value is -0.570. The van der Waals surface area contributed by atoms with Crippen LogP contribution in [-0.2, 0) is 14.3 Å². The first kappa shape index (κ1) is 16.6. The molecule has 3 nitrogen and oxygen atoms in total. The van der Waals surface area contributed by atoms with Crippen molar-refractivity contribution in [2.45, 2.75) is 91.0 Å². The number of esters is 1. The molecule has 0 heterocycles. The van der Waals surface area contributed by atoms with Crippen molar-refractivity contribution >= 4 is 5.97 Å². The van der Waals surface area contributed by atoms with Gasteiger partial charge >= 0.3 is 5.97 Å². The lowest BCUT2D eigenvalue weighted by molar-refractivity contribution is -0.220. The third-order valence-corrected chi connectivity index (χ3v) is 9.12. The van der Waals surface area contributed by atoms with Gasteiger partial charge in [-0.1, -0.05) is 6.92 Å². The van der Waals surface area contributed by atoms with Crippen LogP contribution in [0.5, 0.6) is 0 Å². The van der Waals surface area contributed by atoms with E-state index < -0.39 is 11.7 Å². The van der Waals surface area contributed by atoms with Crippen LogP contribution in [0.4, 0.5) is 0 Å². The molecule has 25 heavy (non-hydrogen) atoms. The van der Waals surface area contributed by atoms with Gasteiger partial charge in [-0.2, -0.15) is 0 Å². The Kier molecular flexibility index (Phi) is 3.34. The zero-order valence-corrected chi connectivity index (χ0v) is 16.3. The maximum atomic E-state index is 12.4. The Balaban J connectivity index is 1.32. The Morgan fingerprint density at radius 3 is 2.36 bits per heavy atom. The van der Waals surface area contributed by atoms with Crippen LogP contribution < -0.4 is 0 Å². The van der Waals surface area contributed by atoms with Crippen molar-refractivity contribution < 1.29 is 14.3 Å². The molecular formula is C22H34O3. The van der Waals surface area contributed by atoms with E-state index in [1.807, 2.05) is 27.7 Å². The summed E-state index contributed by atoms with van der Waals surface area (Å²) in [5.74, 6) is 4.62. The predicted octanol–water partition coefficient (Wildman–Crippen LogP) is 4.93. The number of hydrogen-bond acceptors (Lipinski definition) is 3. The van der Waals surface area contributed by atoms with E-state index in [2.05, 4.69) is 0 Å². The van der Waals surface area contributed by atoms with Crippen molar-refractivity contribution in [2.24, 2.45) is 40.4 Å². The summed E-state index contributed by atoms with van der Waals surface area (Å²) in [6.45, 7) is 7.89. The minimum Gasteiger partial charge on any atom is -0.436 e. The molecule has 140 valence electrons. The van der Waals surface area contributed by atoms with Gasteiger partial charge in [0, 0.05) is 0 Å². The molecule has 0 N–H and O–H groups in total. The predicted molar refractivity (Wildman–Crippen MR) is 95.6 cm³/mol. The molecule has 1 spiro atoms. The summed E-state index contributed by atoms with van der Waals surface area (Å²) in [5.41, 5.74) is 0.179. The summed E-state index contributed by atoms with van der Waals surface area (Å²) in [7, 11) is 0. The van der Waals surface area contributed by atoms with Crippen LogP contribution in [0.15, 0.2) is 0 Å². The quantitative estimate of drug-likeness (QED) is 0.523. The molecule has 6 rings (SSSR count). The fraction of sp³-hybridized carbons (Fsp3) is 0.955. The number of carbonyl (C=O) groups is 1. The molecular weight excluding hydrogens is 312 g/mol. The number of hydrogen-bond donors (Lipinski definition) is 0. The van der Waals surface area contributed by atoms with Gasteiger partial charge in [-0.25, -0.2) is 0 Å². The SMILES string of the molecule is CCC(C)(C)C(=O)OC(C)OC12CC3C4CC5CC(C4)C(C1)C3(C5)C2. The van der Waals surface area contributed by atoms with Crippen LogP contribution in [0.3, 0.4) is 0 Å². The normalized spacial score (nSPS) is 50.3. The summed E-state index contributed by atoms with van der Waals surface area (Å²) in [4.78, 5) is 12.4. The number of fused-ring (bicyclic) bond motifs is 1. The first-order valence-electron chi connectivity index (χ1n) is 10.7. The fourth-order valence-corrected chi connectivity index (χ4v) is 8.08. The zero-order chi connectivity index (χ0) is 17.6. The highest BCUT2D eigenvalue weighted by atomic mass is 16.7.